The summed E-state index contributed by atoms with van der Waals surface area (Å²) in [6, 6.07) is 5.54. The molecule has 0 heterocycles. The number of benzene rings is 1. The van der Waals surface area contributed by atoms with Crippen molar-refractivity contribution < 1.29 is 8.42 Å². The maximum Gasteiger partial charge on any atom is 0.178 e. The van der Waals surface area contributed by atoms with E-state index >= 15 is 0 Å². The first-order valence-electron chi connectivity index (χ1n) is 4.83. The highest BCUT2D eigenvalue weighted by molar-refractivity contribution is 9.09. The second-order valence-corrected chi connectivity index (χ2v) is 6.50. The fourth-order valence-corrected chi connectivity index (χ4v) is 3.72. The number of hydrogen-bond acceptors (Lipinski definition) is 2. The highest BCUT2D eigenvalue weighted by atomic mass is 79.9. The van der Waals surface area contributed by atoms with Crippen LogP contribution in [-0.4, -0.2) is 19.5 Å². The van der Waals surface area contributed by atoms with E-state index in [-0.39, 0.29) is 5.75 Å². The molecule has 0 N–H and O–H groups in total. The molecule has 1 rings (SSSR count). The van der Waals surface area contributed by atoms with Gasteiger partial charge in [0, 0.05) is 5.33 Å². The lowest BCUT2D eigenvalue weighted by atomic mass is 10.2. The van der Waals surface area contributed by atoms with Gasteiger partial charge in [-0.25, -0.2) is 8.42 Å². The van der Waals surface area contributed by atoms with Gasteiger partial charge in [-0.2, -0.15) is 0 Å². The summed E-state index contributed by atoms with van der Waals surface area (Å²) in [4.78, 5) is 0.475. The van der Waals surface area contributed by atoms with E-state index in [1.165, 1.54) is 0 Å². The van der Waals surface area contributed by atoms with Crippen LogP contribution in [0.15, 0.2) is 23.1 Å². The van der Waals surface area contributed by atoms with Crippen molar-refractivity contribution in [3.8, 4) is 0 Å². The second kappa shape index (κ2) is 5.12. The molecule has 0 saturated carbocycles. The van der Waals surface area contributed by atoms with Crippen LogP contribution >= 0.6 is 15.9 Å². The van der Waals surface area contributed by atoms with E-state index in [0.29, 0.717) is 11.3 Å². The molecule has 0 fully saturated rings. The summed E-state index contributed by atoms with van der Waals surface area (Å²) >= 11 is 3.24. The molecule has 84 valence electrons. The highest BCUT2D eigenvalue weighted by Crippen LogP contribution is 2.18. The lowest BCUT2D eigenvalue weighted by Crippen LogP contribution is -2.09. The van der Waals surface area contributed by atoms with Gasteiger partial charge in [0.2, 0.25) is 0 Å². The standard InChI is InChI=1S/C11H15BrO2S/c1-9-4-5-10(2)11(8-9)15(13,14)7-3-6-12/h4-5,8H,3,6-7H2,1-2H3. The van der Waals surface area contributed by atoms with Crippen LogP contribution in [0.3, 0.4) is 0 Å². The Morgan fingerprint density at radius 3 is 2.53 bits per heavy atom. The van der Waals surface area contributed by atoms with Crippen molar-refractivity contribution in [3.63, 3.8) is 0 Å². The Hall–Kier alpha value is -0.350. The first-order chi connectivity index (χ1) is 6.97. The van der Waals surface area contributed by atoms with Crippen LogP contribution in [0, 0.1) is 13.8 Å². The number of aryl methyl sites for hydroxylation is 2. The molecule has 0 aliphatic carbocycles. The van der Waals surface area contributed by atoms with E-state index in [1.54, 1.807) is 6.07 Å². The highest BCUT2D eigenvalue weighted by Gasteiger charge is 2.16. The molecule has 0 aliphatic heterocycles. The molecule has 0 atom stereocenters. The normalized spacial score (nSPS) is 11.7. The summed E-state index contributed by atoms with van der Waals surface area (Å²) in [5.74, 6) is 0.211. The zero-order valence-electron chi connectivity index (χ0n) is 8.96. The molecule has 0 saturated heterocycles. The minimum Gasteiger partial charge on any atom is -0.224 e. The van der Waals surface area contributed by atoms with Gasteiger partial charge >= 0.3 is 0 Å². The average molecular weight is 291 g/mol. The van der Waals surface area contributed by atoms with Crippen molar-refractivity contribution >= 4 is 25.8 Å². The summed E-state index contributed by atoms with van der Waals surface area (Å²) in [6.45, 7) is 3.74. The van der Waals surface area contributed by atoms with E-state index in [9.17, 15) is 8.42 Å². The van der Waals surface area contributed by atoms with E-state index < -0.39 is 9.84 Å². The van der Waals surface area contributed by atoms with Crippen molar-refractivity contribution in [1.29, 1.82) is 0 Å². The summed E-state index contributed by atoms with van der Waals surface area (Å²) < 4.78 is 23.9. The molecule has 1 aromatic carbocycles. The molecular formula is C11H15BrO2S. The first-order valence-corrected chi connectivity index (χ1v) is 7.61. The number of rotatable bonds is 4. The van der Waals surface area contributed by atoms with Gasteiger partial charge in [-0.05, 0) is 37.5 Å². The fraction of sp³-hybridized carbons (Fsp3) is 0.455. The van der Waals surface area contributed by atoms with E-state index in [0.717, 1.165) is 16.5 Å². The third kappa shape index (κ3) is 3.31. The quantitative estimate of drug-likeness (QED) is 0.799. The van der Waals surface area contributed by atoms with Gasteiger partial charge in [-0.15, -0.1) is 0 Å². The Bertz CT molecular complexity index is 438. The third-order valence-electron chi connectivity index (χ3n) is 2.23. The molecule has 15 heavy (non-hydrogen) atoms. The SMILES string of the molecule is Cc1ccc(C)c(S(=O)(=O)CCCBr)c1. The van der Waals surface area contributed by atoms with Crippen molar-refractivity contribution in [1.82, 2.24) is 0 Å². The summed E-state index contributed by atoms with van der Waals surface area (Å²) in [7, 11) is -3.11. The molecule has 0 aliphatic rings. The van der Waals surface area contributed by atoms with E-state index in [1.807, 2.05) is 26.0 Å². The lowest BCUT2D eigenvalue weighted by Gasteiger charge is -2.07. The third-order valence-corrected chi connectivity index (χ3v) is 4.72. The smallest absolute Gasteiger partial charge is 0.178 e. The number of hydrogen-bond donors (Lipinski definition) is 0. The van der Waals surface area contributed by atoms with Gasteiger partial charge in [0.25, 0.3) is 0 Å². The Kier molecular flexibility index (Phi) is 4.34. The zero-order chi connectivity index (χ0) is 11.5. The van der Waals surface area contributed by atoms with Crippen molar-refractivity contribution in [2.75, 3.05) is 11.1 Å². The Morgan fingerprint density at radius 2 is 1.93 bits per heavy atom. The molecule has 2 nitrogen and oxygen atoms in total. The van der Waals surface area contributed by atoms with Crippen LogP contribution < -0.4 is 0 Å². The molecule has 0 bridgehead atoms. The fourth-order valence-electron chi connectivity index (χ4n) is 1.40. The Labute approximate surface area is 99.7 Å². The lowest BCUT2D eigenvalue weighted by molar-refractivity contribution is 0.594. The van der Waals surface area contributed by atoms with E-state index in [4.69, 9.17) is 0 Å². The van der Waals surface area contributed by atoms with Gasteiger partial charge in [0.05, 0.1) is 10.6 Å². The van der Waals surface area contributed by atoms with Gasteiger partial charge in [0.1, 0.15) is 0 Å². The number of sulfone groups is 1. The molecule has 0 spiro atoms. The van der Waals surface area contributed by atoms with Crippen LogP contribution in [0.1, 0.15) is 17.5 Å². The largest absolute Gasteiger partial charge is 0.224 e. The summed E-state index contributed by atoms with van der Waals surface area (Å²) in [6.07, 6.45) is 0.649. The van der Waals surface area contributed by atoms with Gasteiger partial charge in [-0.1, -0.05) is 28.1 Å². The second-order valence-electron chi connectivity index (χ2n) is 3.63. The molecule has 1 aromatic rings. The van der Waals surface area contributed by atoms with Gasteiger partial charge in [0.15, 0.2) is 9.84 Å². The van der Waals surface area contributed by atoms with Crippen molar-refractivity contribution in [3.05, 3.63) is 29.3 Å². The molecule has 0 radical (unpaired) electrons. The zero-order valence-corrected chi connectivity index (χ0v) is 11.4. The predicted octanol–water partition coefficient (Wildman–Crippen LogP) is 2.86. The predicted molar refractivity (Wildman–Crippen MR) is 66.4 cm³/mol. The number of alkyl halides is 1. The topological polar surface area (TPSA) is 34.1 Å². The maximum atomic E-state index is 11.9. The van der Waals surface area contributed by atoms with Crippen LogP contribution in [-0.2, 0) is 9.84 Å². The van der Waals surface area contributed by atoms with Crippen LogP contribution in [0.2, 0.25) is 0 Å². The maximum absolute atomic E-state index is 11.9. The first kappa shape index (κ1) is 12.7. The molecular weight excluding hydrogens is 276 g/mol. The molecule has 0 amide bonds. The van der Waals surface area contributed by atoms with E-state index in [2.05, 4.69) is 15.9 Å². The molecule has 0 unspecified atom stereocenters. The summed E-state index contributed by atoms with van der Waals surface area (Å²) in [5, 5.41) is 0.719. The van der Waals surface area contributed by atoms with Gasteiger partial charge < -0.3 is 0 Å². The minimum atomic E-state index is -3.11. The average Bonchev–Trinajstić information content (AvgIpc) is 2.18. The van der Waals surface area contributed by atoms with Crippen LogP contribution in [0.25, 0.3) is 0 Å². The Morgan fingerprint density at radius 1 is 1.27 bits per heavy atom. The van der Waals surface area contributed by atoms with Crippen LogP contribution in [0.5, 0.6) is 0 Å². The van der Waals surface area contributed by atoms with Crippen LogP contribution in [0.4, 0.5) is 0 Å². The number of halogens is 1. The van der Waals surface area contributed by atoms with Crippen molar-refractivity contribution in [2.24, 2.45) is 0 Å². The van der Waals surface area contributed by atoms with Gasteiger partial charge in [-0.3, -0.25) is 0 Å². The molecule has 4 heteroatoms. The minimum absolute atomic E-state index is 0.211. The molecule has 0 aromatic heterocycles. The monoisotopic (exact) mass is 290 g/mol. The summed E-state index contributed by atoms with van der Waals surface area (Å²) in [5.41, 5.74) is 1.81. The van der Waals surface area contributed by atoms with Crippen molar-refractivity contribution in [2.45, 2.75) is 25.2 Å². The Balaban J connectivity index is 3.09.